The molecule has 1 aliphatic rings. The van der Waals surface area contributed by atoms with Crippen LogP contribution in [-0.4, -0.2) is 6.61 Å². The van der Waals surface area contributed by atoms with Gasteiger partial charge in [0.15, 0.2) is 0 Å². The van der Waals surface area contributed by atoms with Crippen LogP contribution in [0, 0.1) is 11.8 Å². The Hall–Kier alpha value is -2.02. The van der Waals surface area contributed by atoms with Crippen molar-refractivity contribution in [2.75, 3.05) is 6.61 Å². The van der Waals surface area contributed by atoms with Crippen molar-refractivity contribution in [3.63, 3.8) is 0 Å². The van der Waals surface area contributed by atoms with Gasteiger partial charge < -0.3 is 4.74 Å². The quantitative estimate of drug-likeness (QED) is 0.369. The molecule has 3 rings (SSSR count). The van der Waals surface area contributed by atoms with Gasteiger partial charge in [0.1, 0.15) is 5.75 Å². The van der Waals surface area contributed by atoms with Gasteiger partial charge >= 0.3 is 0 Å². The standard InChI is InChI=1S/C28H38O/c1-4-6-7-20-29-28-18-16-27(17-19-28)26-14-12-25(13-15-26)24-10-8-23(9-11-24)21-22(3)5-2/h10,12-19,22-23H,4-9,11,20-21H2,1-3H3. The largest absolute Gasteiger partial charge is 0.494 e. The summed E-state index contributed by atoms with van der Waals surface area (Å²) in [5.41, 5.74) is 5.46. The Labute approximate surface area is 178 Å². The fourth-order valence-corrected chi connectivity index (χ4v) is 4.26. The second-order valence-electron chi connectivity index (χ2n) is 8.78. The zero-order chi connectivity index (χ0) is 20.5. The van der Waals surface area contributed by atoms with Gasteiger partial charge in [-0.2, -0.15) is 0 Å². The Kier molecular flexibility index (Phi) is 8.40. The van der Waals surface area contributed by atoms with Gasteiger partial charge in [-0.3, -0.25) is 0 Å². The van der Waals surface area contributed by atoms with Crippen LogP contribution in [0.1, 0.15) is 77.7 Å². The Bertz CT molecular complexity index is 754. The van der Waals surface area contributed by atoms with E-state index in [0.717, 1.165) is 30.6 Å². The van der Waals surface area contributed by atoms with Crippen molar-refractivity contribution in [2.45, 2.75) is 72.1 Å². The lowest BCUT2D eigenvalue weighted by atomic mass is 9.81. The van der Waals surface area contributed by atoms with Crippen molar-refractivity contribution in [1.29, 1.82) is 0 Å². The average molecular weight is 391 g/mol. The van der Waals surface area contributed by atoms with E-state index in [4.69, 9.17) is 4.74 Å². The van der Waals surface area contributed by atoms with Crippen LogP contribution in [0.25, 0.3) is 16.7 Å². The first-order valence-electron chi connectivity index (χ1n) is 11.7. The Morgan fingerprint density at radius 1 is 0.897 bits per heavy atom. The van der Waals surface area contributed by atoms with E-state index < -0.39 is 0 Å². The zero-order valence-corrected chi connectivity index (χ0v) is 18.6. The van der Waals surface area contributed by atoms with E-state index in [0.29, 0.717) is 0 Å². The number of benzene rings is 2. The monoisotopic (exact) mass is 390 g/mol. The fourth-order valence-electron chi connectivity index (χ4n) is 4.26. The van der Waals surface area contributed by atoms with Crippen molar-refractivity contribution >= 4 is 5.57 Å². The number of hydrogen-bond donors (Lipinski definition) is 0. The molecule has 1 nitrogen and oxygen atoms in total. The highest BCUT2D eigenvalue weighted by atomic mass is 16.5. The van der Waals surface area contributed by atoms with Crippen molar-refractivity contribution in [2.24, 2.45) is 11.8 Å². The van der Waals surface area contributed by atoms with E-state index in [1.165, 1.54) is 67.2 Å². The summed E-state index contributed by atoms with van der Waals surface area (Å²) in [5.74, 6) is 2.72. The Morgan fingerprint density at radius 2 is 1.55 bits per heavy atom. The normalized spacial score (nSPS) is 17.6. The molecule has 0 amide bonds. The highest BCUT2D eigenvalue weighted by molar-refractivity contribution is 5.71. The van der Waals surface area contributed by atoms with Gasteiger partial charge in [0.2, 0.25) is 0 Å². The van der Waals surface area contributed by atoms with Crippen LogP contribution in [0.2, 0.25) is 0 Å². The second kappa shape index (κ2) is 11.2. The van der Waals surface area contributed by atoms with E-state index in [2.05, 4.69) is 75.4 Å². The first-order valence-corrected chi connectivity index (χ1v) is 11.7. The summed E-state index contributed by atoms with van der Waals surface area (Å²) >= 11 is 0. The number of ether oxygens (including phenoxy) is 1. The summed E-state index contributed by atoms with van der Waals surface area (Å²) in [7, 11) is 0. The van der Waals surface area contributed by atoms with Gasteiger partial charge in [-0.25, -0.2) is 0 Å². The fraction of sp³-hybridized carbons (Fsp3) is 0.500. The molecule has 1 heteroatoms. The summed E-state index contributed by atoms with van der Waals surface area (Å²) in [5, 5.41) is 0. The number of hydrogen-bond acceptors (Lipinski definition) is 1. The molecule has 0 N–H and O–H groups in total. The van der Waals surface area contributed by atoms with E-state index in [1.54, 1.807) is 0 Å². The molecule has 0 saturated heterocycles. The predicted molar refractivity (Wildman–Crippen MR) is 126 cm³/mol. The lowest BCUT2D eigenvalue weighted by Crippen LogP contribution is -2.09. The van der Waals surface area contributed by atoms with Crippen LogP contribution in [-0.2, 0) is 0 Å². The summed E-state index contributed by atoms with van der Waals surface area (Å²) in [6.07, 6.45) is 12.6. The molecule has 2 aromatic carbocycles. The third-order valence-electron chi connectivity index (χ3n) is 6.41. The van der Waals surface area contributed by atoms with E-state index in [-0.39, 0.29) is 0 Å². The average Bonchev–Trinajstić information content (AvgIpc) is 2.78. The third-order valence-corrected chi connectivity index (χ3v) is 6.41. The Morgan fingerprint density at radius 3 is 2.14 bits per heavy atom. The van der Waals surface area contributed by atoms with Gasteiger partial charge in [0.25, 0.3) is 0 Å². The highest BCUT2D eigenvalue weighted by Crippen LogP contribution is 2.34. The van der Waals surface area contributed by atoms with Crippen LogP contribution in [0.5, 0.6) is 5.75 Å². The summed E-state index contributed by atoms with van der Waals surface area (Å²) in [6, 6.07) is 17.6. The molecule has 0 heterocycles. The molecule has 2 atom stereocenters. The molecule has 2 unspecified atom stereocenters. The molecule has 29 heavy (non-hydrogen) atoms. The molecule has 0 saturated carbocycles. The molecule has 0 bridgehead atoms. The van der Waals surface area contributed by atoms with Crippen LogP contribution < -0.4 is 4.74 Å². The molecule has 2 aromatic rings. The summed E-state index contributed by atoms with van der Waals surface area (Å²) in [4.78, 5) is 0. The number of rotatable bonds is 10. The zero-order valence-electron chi connectivity index (χ0n) is 18.6. The third kappa shape index (κ3) is 6.49. The van der Waals surface area contributed by atoms with E-state index >= 15 is 0 Å². The predicted octanol–water partition coefficient (Wildman–Crippen LogP) is 8.54. The van der Waals surface area contributed by atoms with Crippen molar-refractivity contribution in [1.82, 2.24) is 0 Å². The SMILES string of the molecule is CCCCCOc1ccc(-c2ccc(C3=CCC(CC(C)CC)CC3)cc2)cc1. The number of allylic oxidation sites excluding steroid dienone is 2. The van der Waals surface area contributed by atoms with Gasteiger partial charge in [0, 0.05) is 0 Å². The van der Waals surface area contributed by atoms with Crippen molar-refractivity contribution < 1.29 is 4.74 Å². The Balaban J connectivity index is 1.56. The van der Waals surface area contributed by atoms with E-state index in [1.807, 2.05) is 0 Å². The van der Waals surface area contributed by atoms with Crippen molar-refractivity contribution in [3.05, 3.63) is 60.2 Å². The molecule has 1 aliphatic carbocycles. The van der Waals surface area contributed by atoms with Crippen molar-refractivity contribution in [3.8, 4) is 16.9 Å². The lowest BCUT2D eigenvalue weighted by molar-refractivity contribution is 0.306. The first kappa shape index (κ1) is 21.7. The molecule has 156 valence electrons. The summed E-state index contributed by atoms with van der Waals surface area (Å²) < 4.78 is 5.83. The summed E-state index contributed by atoms with van der Waals surface area (Å²) in [6.45, 7) is 7.73. The minimum absolute atomic E-state index is 0.815. The van der Waals surface area contributed by atoms with Crippen LogP contribution >= 0.6 is 0 Å². The second-order valence-corrected chi connectivity index (χ2v) is 8.78. The maximum absolute atomic E-state index is 5.83. The molecule has 0 radical (unpaired) electrons. The molecule has 0 spiro atoms. The lowest BCUT2D eigenvalue weighted by Gasteiger charge is -2.24. The first-order chi connectivity index (χ1) is 14.2. The molecule has 0 fully saturated rings. The number of unbranched alkanes of at least 4 members (excludes halogenated alkanes) is 2. The maximum atomic E-state index is 5.83. The van der Waals surface area contributed by atoms with Gasteiger partial charge in [-0.1, -0.05) is 82.5 Å². The highest BCUT2D eigenvalue weighted by Gasteiger charge is 2.17. The van der Waals surface area contributed by atoms with Gasteiger partial charge in [-0.15, -0.1) is 0 Å². The minimum Gasteiger partial charge on any atom is -0.494 e. The molecular weight excluding hydrogens is 352 g/mol. The smallest absolute Gasteiger partial charge is 0.119 e. The molecular formula is C28H38O. The minimum atomic E-state index is 0.815. The van der Waals surface area contributed by atoms with Crippen LogP contribution in [0.4, 0.5) is 0 Å². The maximum Gasteiger partial charge on any atom is 0.119 e. The van der Waals surface area contributed by atoms with Gasteiger partial charge in [-0.05, 0) is 78.3 Å². The molecule has 0 aromatic heterocycles. The topological polar surface area (TPSA) is 9.23 Å². The molecule has 0 aliphatic heterocycles. The van der Waals surface area contributed by atoms with Gasteiger partial charge in [0.05, 0.1) is 6.61 Å². The van der Waals surface area contributed by atoms with E-state index in [9.17, 15) is 0 Å². The van der Waals surface area contributed by atoms with Crippen LogP contribution in [0.15, 0.2) is 54.6 Å². The van der Waals surface area contributed by atoms with Crippen LogP contribution in [0.3, 0.4) is 0 Å².